The zero-order valence-corrected chi connectivity index (χ0v) is 17.5. The van der Waals surface area contributed by atoms with Crippen LogP contribution in [0.25, 0.3) is 0 Å². The van der Waals surface area contributed by atoms with Crippen LogP contribution in [0.1, 0.15) is 5.56 Å². The molecule has 161 valence electrons. The number of hydrogen-bond donors (Lipinski definition) is 3. The van der Waals surface area contributed by atoms with Crippen LogP contribution < -0.4 is 16.0 Å². The Morgan fingerprint density at radius 2 is 1.41 bits per heavy atom. The first-order valence-corrected chi connectivity index (χ1v) is 8.16. The topological polar surface area (TPSA) is 185 Å². The SMILES string of the molecule is O=C(C[S-])NCC(=O)NCC(=O)NCC(=O)OCc1ccc([N+](=O)[O-])cc1.[O-2].[Tc]. The number of esters is 1. The molecule has 3 N–H and O–H groups in total. The summed E-state index contributed by atoms with van der Waals surface area (Å²) in [5.74, 6) is -2.56. The van der Waals surface area contributed by atoms with Gasteiger partial charge in [0.1, 0.15) is 13.2 Å². The minimum Gasteiger partial charge on any atom is -2.00 e. The van der Waals surface area contributed by atoms with Gasteiger partial charge in [-0.2, -0.15) is 0 Å². The molecule has 0 aliphatic carbocycles. The number of carbonyl (C=O) groups is 4. The Labute approximate surface area is 184 Å². The quantitative estimate of drug-likeness (QED) is 0.145. The summed E-state index contributed by atoms with van der Waals surface area (Å²) in [7, 11) is 0. The standard InChI is InChI=1S/C15H18N4O7S.O.Tc/c20-12(6-17-14(22)9-27)16-5-13(21)18-7-15(23)26-8-10-1-3-11(4-2-10)19(24)25;;/h1-4,27H,5-9H2,(H,16,20)(H,17,22)(H,18,21);;/q;-2;/p-1. The molecule has 1 aromatic rings. The third kappa shape index (κ3) is 12.5. The van der Waals surface area contributed by atoms with Gasteiger partial charge in [0.15, 0.2) is 5.91 Å². The van der Waals surface area contributed by atoms with Crippen molar-refractivity contribution >= 4 is 42.0 Å². The van der Waals surface area contributed by atoms with Crippen LogP contribution in [-0.2, 0) is 68.7 Å². The molecule has 1 aromatic carbocycles. The monoisotopic (exact) mass is 510 g/mol. The van der Waals surface area contributed by atoms with E-state index in [1.165, 1.54) is 24.3 Å². The smallest absolute Gasteiger partial charge is 0.325 e. The predicted octanol–water partition coefficient (Wildman–Crippen LogP) is -1.59. The second kappa shape index (κ2) is 15.4. The van der Waals surface area contributed by atoms with Crippen molar-refractivity contribution in [1.82, 2.24) is 16.0 Å². The minimum absolute atomic E-state index is 0. The third-order valence-electron chi connectivity index (χ3n) is 3.00. The van der Waals surface area contributed by atoms with Gasteiger partial charge < -0.3 is 38.8 Å². The fourth-order valence-corrected chi connectivity index (χ4v) is 1.74. The fourth-order valence-electron chi connectivity index (χ4n) is 1.63. The molecule has 0 fully saturated rings. The number of carbonyl (C=O) groups excluding carboxylic acids is 4. The molecular weight excluding hydrogens is 494 g/mol. The van der Waals surface area contributed by atoms with Gasteiger partial charge in [0.25, 0.3) is 5.69 Å². The van der Waals surface area contributed by atoms with E-state index in [1.54, 1.807) is 0 Å². The van der Waals surface area contributed by atoms with Gasteiger partial charge in [-0.15, -0.1) is 0 Å². The summed E-state index contributed by atoms with van der Waals surface area (Å²) < 4.78 is 4.91. The number of amides is 3. The molecule has 0 atom stereocenters. The van der Waals surface area contributed by atoms with Gasteiger partial charge in [-0.25, -0.2) is 0 Å². The first-order valence-electron chi connectivity index (χ1n) is 7.59. The number of nitrogens with zero attached hydrogens (tertiary/aromatic N) is 1. The van der Waals surface area contributed by atoms with Crippen molar-refractivity contribution in [3.05, 3.63) is 39.9 Å². The number of benzene rings is 1. The maximum absolute atomic E-state index is 11.6. The molecule has 14 heteroatoms. The Morgan fingerprint density at radius 1 is 0.931 bits per heavy atom. The Hall–Kier alpha value is -2.54. The van der Waals surface area contributed by atoms with Gasteiger partial charge >= 0.3 is 5.97 Å². The number of nitrogens with one attached hydrogen (secondary N) is 3. The van der Waals surface area contributed by atoms with Crippen molar-refractivity contribution in [1.29, 1.82) is 0 Å². The van der Waals surface area contributed by atoms with Crippen molar-refractivity contribution in [3.63, 3.8) is 0 Å². The summed E-state index contributed by atoms with van der Waals surface area (Å²) >= 11 is 4.48. The van der Waals surface area contributed by atoms with E-state index in [-0.39, 0.29) is 56.7 Å². The molecule has 0 saturated heterocycles. The molecule has 0 aliphatic rings. The number of non-ortho nitro benzene ring substituents is 1. The molecule has 0 heterocycles. The minimum atomic E-state index is -0.717. The Kier molecular flexibility index (Phi) is 15.2. The van der Waals surface area contributed by atoms with Crippen molar-refractivity contribution in [3.8, 4) is 0 Å². The van der Waals surface area contributed by atoms with Crippen LogP contribution in [-0.4, -0.2) is 54.0 Å². The number of ether oxygens (including phenoxy) is 1. The molecule has 3 amide bonds. The van der Waals surface area contributed by atoms with Gasteiger partial charge in [-0.1, -0.05) is 5.75 Å². The summed E-state index contributed by atoms with van der Waals surface area (Å²) in [6.45, 7) is -1.20. The summed E-state index contributed by atoms with van der Waals surface area (Å²) in [6.07, 6.45) is 0. The number of nitro groups is 1. The summed E-state index contributed by atoms with van der Waals surface area (Å²) in [4.78, 5) is 55.3. The van der Waals surface area contributed by atoms with Crippen LogP contribution in [0.2, 0.25) is 0 Å². The molecule has 0 spiro atoms. The van der Waals surface area contributed by atoms with E-state index in [0.717, 1.165) is 0 Å². The van der Waals surface area contributed by atoms with E-state index in [4.69, 9.17) is 4.74 Å². The Morgan fingerprint density at radius 3 is 1.90 bits per heavy atom. The Balaban J connectivity index is 0. The average molecular weight is 511 g/mol. The first-order chi connectivity index (χ1) is 12.8. The normalized spacial score (nSPS) is 9.14. The van der Waals surface area contributed by atoms with E-state index in [0.29, 0.717) is 5.56 Å². The number of nitro benzene ring substituents is 1. The molecule has 0 unspecified atom stereocenters. The summed E-state index contributed by atoms with van der Waals surface area (Å²) in [5, 5.41) is 17.3. The fraction of sp³-hybridized carbons (Fsp3) is 0.333. The van der Waals surface area contributed by atoms with Crippen LogP contribution >= 0.6 is 0 Å². The van der Waals surface area contributed by atoms with Gasteiger partial charge in [-0.3, -0.25) is 29.3 Å². The molecular formula is C15H17N4O8STc-3. The molecule has 0 bridgehead atoms. The van der Waals surface area contributed by atoms with Crippen molar-refractivity contribution in [2.75, 3.05) is 25.4 Å². The first kappa shape index (κ1) is 28.7. The maximum atomic E-state index is 11.6. The third-order valence-corrected chi connectivity index (χ3v) is 3.26. The van der Waals surface area contributed by atoms with E-state index in [9.17, 15) is 29.3 Å². The van der Waals surface area contributed by atoms with Crippen LogP contribution in [0, 0.1) is 10.1 Å². The van der Waals surface area contributed by atoms with Crippen molar-refractivity contribution in [2.24, 2.45) is 0 Å². The van der Waals surface area contributed by atoms with E-state index in [2.05, 4.69) is 28.6 Å². The molecule has 1 rings (SSSR count). The molecule has 1 radical (unpaired) electrons. The van der Waals surface area contributed by atoms with Gasteiger partial charge in [0, 0.05) is 32.2 Å². The number of rotatable bonds is 10. The largest absolute Gasteiger partial charge is 2.00 e. The Bertz CT molecular complexity index is 717. The molecule has 0 aromatic heterocycles. The second-order valence-corrected chi connectivity index (χ2v) is 5.35. The van der Waals surface area contributed by atoms with E-state index < -0.39 is 35.2 Å². The maximum Gasteiger partial charge on any atom is 0.325 e. The van der Waals surface area contributed by atoms with Gasteiger partial charge in [0.05, 0.1) is 18.0 Å². The molecule has 29 heavy (non-hydrogen) atoms. The summed E-state index contributed by atoms with van der Waals surface area (Å²) in [5.41, 5.74) is 0.469. The van der Waals surface area contributed by atoms with Gasteiger partial charge in [0.2, 0.25) is 11.8 Å². The zero-order valence-electron chi connectivity index (χ0n) is 14.8. The van der Waals surface area contributed by atoms with E-state index >= 15 is 0 Å². The predicted molar refractivity (Wildman–Crippen MR) is 94.8 cm³/mol. The van der Waals surface area contributed by atoms with Crippen molar-refractivity contribution in [2.45, 2.75) is 6.61 Å². The second-order valence-electron chi connectivity index (χ2n) is 5.06. The van der Waals surface area contributed by atoms with Crippen LogP contribution in [0.15, 0.2) is 24.3 Å². The van der Waals surface area contributed by atoms with E-state index in [1.807, 2.05) is 0 Å². The van der Waals surface area contributed by atoms with Crippen LogP contribution in [0.5, 0.6) is 0 Å². The van der Waals surface area contributed by atoms with Gasteiger partial charge in [-0.05, 0) is 17.7 Å². The number of hydrogen-bond acceptors (Lipinski definition) is 8. The summed E-state index contributed by atoms with van der Waals surface area (Å²) in [6, 6.07) is 5.46. The van der Waals surface area contributed by atoms with Crippen LogP contribution in [0.4, 0.5) is 5.69 Å². The van der Waals surface area contributed by atoms with Crippen molar-refractivity contribution < 1.29 is 54.4 Å². The molecule has 0 saturated carbocycles. The molecule has 12 nitrogen and oxygen atoms in total. The average Bonchev–Trinajstić information content (AvgIpc) is 2.67. The van der Waals surface area contributed by atoms with Crippen LogP contribution in [0.3, 0.4) is 0 Å². The zero-order chi connectivity index (χ0) is 20.2. The molecule has 0 aliphatic heterocycles.